The molecule has 1 aromatic carbocycles. The summed E-state index contributed by atoms with van der Waals surface area (Å²) >= 11 is 0. The van der Waals surface area contributed by atoms with E-state index in [9.17, 15) is 18.5 Å². The van der Waals surface area contributed by atoms with Gasteiger partial charge in [0.1, 0.15) is 0 Å². The highest BCUT2D eigenvalue weighted by Crippen LogP contribution is 2.28. The van der Waals surface area contributed by atoms with Gasteiger partial charge in [-0.05, 0) is 25.3 Å². The monoisotopic (exact) mass is 284 g/mol. The van der Waals surface area contributed by atoms with Crippen LogP contribution in [0.5, 0.6) is 0 Å². The Labute approximate surface area is 112 Å². The molecular formula is C12H16N2O4S. The van der Waals surface area contributed by atoms with E-state index in [-0.39, 0.29) is 16.6 Å². The summed E-state index contributed by atoms with van der Waals surface area (Å²) in [6, 6.07) is 5.24. The molecule has 0 aliphatic carbocycles. The van der Waals surface area contributed by atoms with Crippen LogP contribution < -0.4 is 0 Å². The molecule has 1 fully saturated rings. The summed E-state index contributed by atoms with van der Waals surface area (Å²) in [6.45, 7) is 2.44. The number of rotatable bonds is 4. The average Bonchev–Trinajstić information content (AvgIpc) is 2.88. The average molecular weight is 284 g/mol. The number of nitro benzene ring substituents is 1. The van der Waals surface area contributed by atoms with Crippen LogP contribution in [0.4, 0.5) is 5.69 Å². The van der Waals surface area contributed by atoms with Gasteiger partial charge >= 0.3 is 0 Å². The second kappa shape index (κ2) is 5.26. The lowest BCUT2D eigenvalue weighted by Crippen LogP contribution is -2.35. The van der Waals surface area contributed by atoms with Gasteiger partial charge in [-0.1, -0.05) is 13.0 Å². The Kier molecular flexibility index (Phi) is 3.86. The number of benzene rings is 1. The number of hydrogen-bond donors (Lipinski definition) is 0. The van der Waals surface area contributed by atoms with Crippen LogP contribution in [0.2, 0.25) is 0 Å². The number of hydrogen-bond acceptors (Lipinski definition) is 4. The lowest BCUT2D eigenvalue weighted by molar-refractivity contribution is -0.385. The molecule has 1 atom stereocenters. The molecule has 0 radical (unpaired) electrons. The van der Waals surface area contributed by atoms with Crippen molar-refractivity contribution in [1.82, 2.24) is 4.31 Å². The van der Waals surface area contributed by atoms with Crippen LogP contribution >= 0.6 is 0 Å². The molecule has 1 saturated heterocycles. The molecule has 7 heteroatoms. The van der Waals surface area contributed by atoms with Crippen LogP contribution in [0.1, 0.15) is 26.2 Å². The summed E-state index contributed by atoms with van der Waals surface area (Å²) in [4.78, 5) is 10.1. The first-order valence-corrected chi connectivity index (χ1v) is 7.67. The Bertz CT molecular complexity index is 585. The van der Waals surface area contributed by atoms with E-state index in [1.54, 1.807) is 0 Å². The minimum absolute atomic E-state index is 0.00190. The minimum Gasteiger partial charge on any atom is -0.258 e. The SMILES string of the molecule is CCC1CCCN1S(=O)(=O)c1cccc([N+](=O)[O-])c1. The van der Waals surface area contributed by atoms with Crippen molar-refractivity contribution >= 4 is 15.7 Å². The predicted molar refractivity (Wildman–Crippen MR) is 70.3 cm³/mol. The van der Waals surface area contributed by atoms with Crippen LogP contribution in [-0.4, -0.2) is 30.2 Å². The van der Waals surface area contributed by atoms with Crippen molar-refractivity contribution in [2.24, 2.45) is 0 Å². The molecule has 0 amide bonds. The summed E-state index contributed by atoms with van der Waals surface area (Å²) < 4.78 is 26.4. The fraction of sp³-hybridized carbons (Fsp3) is 0.500. The molecule has 6 nitrogen and oxygen atoms in total. The van der Waals surface area contributed by atoms with Gasteiger partial charge in [-0.25, -0.2) is 8.42 Å². The Balaban J connectivity index is 2.39. The second-order valence-corrected chi connectivity index (χ2v) is 6.47. The van der Waals surface area contributed by atoms with Crippen molar-refractivity contribution in [3.8, 4) is 0 Å². The van der Waals surface area contributed by atoms with Crippen LogP contribution in [0.25, 0.3) is 0 Å². The number of non-ortho nitro benzene ring substituents is 1. The normalized spacial score (nSPS) is 20.6. The highest BCUT2D eigenvalue weighted by molar-refractivity contribution is 7.89. The van der Waals surface area contributed by atoms with Crippen molar-refractivity contribution in [2.45, 2.75) is 37.1 Å². The maximum Gasteiger partial charge on any atom is 0.270 e. The Morgan fingerprint density at radius 1 is 1.47 bits per heavy atom. The number of nitro groups is 1. The summed E-state index contributed by atoms with van der Waals surface area (Å²) in [7, 11) is -3.63. The van der Waals surface area contributed by atoms with E-state index < -0.39 is 14.9 Å². The molecule has 0 N–H and O–H groups in total. The summed E-state index contributed by atoms with van der Waals surface area (Å²) in [6.07, 6.45) is 2.45. The van der Waals surface area contributed by atoms with Gasteiger partial charge in [0.2, 0.25) is 10.0 Å². The molecular weight excluding hydrogens is 268 g/mol. The first-order chi connectivity index (χ1) is 8.96. The van der Waals surface area contributed by atoms with Crippen molar-refractivity contribution in [3.05, 3.63) is 34.4 Å². The molecule has 0 saturated carbocycles. The highest BCUT2D eigenvalue weighted by atomic mass is 32.2. The van der Waals surface area contributed by atoms with Crippen LogP contribution in [-0.2, 0) is 10.0 Å². The van der Waals surface area contributed by atoms with Gasteiger partial charge in [-0.2, -0.15) is 4.31 Å². The first-order valence-electron chi connectivity index (χ1n) is 6.23. The molecule has 1 heterocycles. The Morgan fingerprint density at radius 3 is 2.84 bits per heavy atom. The smallest absolute Gasteiger partial charge is 0.258 e. The van der Waals surface area contributed by atoms with Crippen LogP contribution in [0, 0.1) is 10.1 Å². The summed E-state index contributed by atoms with van der Waals surface area (Å²) in [5.74, 6) is 0. The molecule has 1 aromatic rings. The van der Waals surface area contributed by atoms with Gasteiger partial charge in [-0.3, -0.25) is 10.1 Å². The summed E-state index contributed by atoms with van der Waals surface area (Å²) in [5, 5.41) is 10.7. The number of sulfonamides is 1. The largest absolute Gasteiger partial charge is 0.270 e. The van der Waals surface area contributed by atoms with E-state index in [0.29, 0.717) is 6.54 Å². The standard InChI is InChI=1S/C12H16N2O4S/c1-2-10-6-4-8-13(10)19(17,18)12-7-3-5-11(9-12)14(15)16/h3,5,7,9-10H,2,4,6,8H2,1H3. The maximum absolute atomic E-state index is 12.5. The first kappa shape index (κ1) is 14.0. The van der Waals surface area contributed by atoms with Crippen molar-refractivity contribution in [3.63, 3.8) is 0 Å². The molecule has 0 bridgehead atoms. The number of nitrogens with zero attached hydrogens (tertiary/aromatic N) is 2. The Morgan fingerprint density at radius 2 is 2.21 bits per heavy atom. The fourth-order valence-electron chi connectivity index (χ4n) is 2.43. The molecule has 19 heavy (non-hydrogen) atoms. The van der Waals surface area contributed by atoms with E-state index in [4.69, 9.17) is 0 Å². The zero-order valence-corrected chi connectivity index (χ0v) is 11.5. The van der Waals surface area contributed by atoms with Gasteiger partial charge in [-0.15, -0.1) is 0 Å². The van der Waals surface area contributed by atoms with Crippen LogP contribution in [0.15, 0.2) is 29.2 Å². The van der Waals surface area contributed by atoms with Gasteiger partial charge in [0.15, 0.2) is 0 Å². The fourth-order valence-corrected chi connectivity index (χ4v) is 4.23. The van der Waals surface area contributed by atoms with Crippen molar-refractivity contribution in [2.75, 3.05) is 6.54 Å². The zero-order valence-electron chi connectivity index (χ0n) is 10.7. The van der Waals surface area contributed by atoms with E-state index >= 15 is 0 Å². The maximum atomic E-state index is 12.5. The molecule has 0 spiro atoms. The Hall–Kier alpha value is -1.47. The van der Waals surface area contributed by atoms with E-state index in [0.717, 1.165) is 25.3 Å². The third-order valence-corrected chi connectivity index (χ3v) is 5.38. The third-order valence-electron chi connectivity index (χ3n) is 3.43. The van der Waals surface area contributed by atoms with E-state index in [1.165, 1.54) is 22.5 Å². The molecule has 1 aliphatic rings. The van der Waals surface area contributed by atoms with Gasteiger partial charge in [0, 0.05) is 24.7 Å². The highest BCUT2D eigenvalue weighted by Gasteiger charge is 2.34. The quantitative estimate of drug-likeness (QED) is 0.626. The van der Waals surface area contributed by atoms with Gasteiger partial charge < -0.3 is 0 Å². The van der Waals surface area contributed by atoms with E-state index in [2.05, 4.69) is 0 Å². The zero-order chi connectivity index (χ0) is 14.0. The molecule has 1 unspecified atom stereocenters. The molecule has 2 rings (SSSR count). The second-order valence-electron chi connectivity index (χ2n) is 4.57. The topological polar surface area (TPSA) is 80.5 Å². The third kappa shape index (κ3) is 2.62. The minimum atomic E-state index is -3.63. The molecule has 0 aromatic heterocycles. The van der Waals surface area contributed by atoms with Crippen molar-refractivity contribution in [1.29, 1.82) is 0 Å². The lowest BCUT2D eigenvalue weighted by Gasteiger charge is -2.22. The lowest BCUT2D eigenvalue weighted by atomic mass is 10.2. The van der Waals surface area contributed by atoms with E-state index in [1.807, 2.05) is 6.92 Å². The molecule has 1 aliphatic heterocycles. The van der Waals surface area contributed by atoms with Crippen LogP contribution in [0.3, 0.4) is 0 Å². The predicted octanol–water partition coefficient (Wildman–Crippen LogP) is 2.16. The van der Waals surface area contributed by atoms with Gasteiger partial charge in [0.25, 0.3) is 5.69 Å². The van der Waals surface area contributed by atoms with Crippen molar-refractivity contribution < 1.29 is 13.3 Å². The molecule has 104 valence electrons. The van der Waals surface area contributed by atoms with Gasteiger partial charge in [0.05, 0.1) is 9.82 Å². The summed E-state index contributed by atoms with van der Waals surface area (Å²) in [5.41, 5.74) is -0.201.